The molecule has 2 rings (SSSR count). The van der Waals surface area contributed by atoms with Gasteiger partial charge >= 0.3 is 0 Å². The second-order valence-electron chi connectivity index (χ2n) is 5.29. The molecule has 0 radical (unpaired) electrons. The summed E-state index contributed by atoms with van der Waals surface area (Å²) in [5.74, 6) is 0.679. The molecule has 1 aliphatic rings. The SMILES string of the molecule is CNC(Cn1nc(C)ccc1=O)C1CCCCC1. The number of nitrogens with one attached hydrogen (secondary N) is 1. The predicted octanol–water partition coefficient (Wildman–Crippen LogP) is 1.72. The smallest absolute Gasteiger partial charge is 0.266 e. The lowest BCUT2D eigenvalue weighted by atomic mass is 9.84. The van der Waals surface area contributed by atoms with Gasteiger partial charge in [-0.3, -0.25) is 4.79 Å². The van der Waals surface area contributed by atoms with Crippen LogP contribution in [0.2, 0.25) is 0 Å². The molecule has 0 spiro atoms. The molecule has 1 aromatic heterocycles. The van der Waals surface area contributed by atoms with Crippen molar-refractivity contribution in [3.05, 3.63) is 28.2 Å². The summed E-state index contributed by atoms with van der Waals surface area (Å²) in [4.78, 5) is 11.8. The zero-order chi connectivity index (χ0) is 13.0. The van der Waals surface area contributed by atoms with Gasteiger partial charge in [-0.2, -0.15) is 5.10 Å². The molecular formula is C14H23N3O. The number of hydrogen-bond donors (Lipinski definition) is 1. The highest BCUT2D eigenvalue weighted by molar-refractivity contribution is 4.97. The van der Waals surface area contributed by atoms with Crippen molar-refractivity contribution < 1.29 is 0 Å². The van der Waals surface area contributed by atoms with Crippen molar-refractivity contribution in [1.82, 2.24) is 15.1 Å². The van der Waals surface area contributed by atoms with E-state index in [1.165, 1.54) is 32.1 Å². The molecule has 1 heterocycles. The summed E-state index contributed by atoms with van der Waals surface area (Å²) in [6.45, 7) is 2.60. The van der Waals surface area contributed by atoms with Crippen LogP contribution in [0, 0.1) is 12.8 Å². The van der Waals surface area contributed by atoms with Crippen molar-refractivity contribution >= 4 is 0 Å². The van der Waals surface area contributed by atoms with Gasteiger partial charge in [0.25, 0.3) is 5.56 Å². The Morgan fingerprint density at radius 3 is 2.78 bits per heavy atom. The molecule has 100 valence electrons. The first kappa shape index (κ1) is 13.3. The van der Waals surface area contributed by atoms with Gasteiger partial charge < -0.3 is 5.32 Å². The highest BCUT2D eigenvalue weighted by Gasteiger charge is 2.23. The van der Waals surface area contributed by atoms with Crippen molar-refractivity contribution in [2.24, 2.45) is 5.92 Å². The van der Waals surface area contributed by atoms with E-state index >= 15 is 0 Å². The normalized spacial score (nSPS) is 18.8. The fraction of sp³-hybridized carbons (Fsp3) is 0.714. The van der Waals surface area contributed by atoms with E-state index in [9.17, 15) is 4.79 Å². The standard InChI is InChI=1S/C14H23N3O/c1-11-8-9-14(18)17(16-11)10-13(15-2)12-6-4-3-5-7-12/h8-9,12-13,15H,3-7,10H2,1-2H3. The van der Waals surface area contributed by atoms with E-state index in [1.54, 1.807) is 16.8 Å². The van der Waals surface area contributed by atoms with E-state index in [0.29, 0.717) is 18.5 Å². The van der Waals surface area contributed by atoms with E-state index in [2.05, 4.69) is 10.4 Å². The molecule has 1 saturated carbocycles. The van der Waals surface area contributed by atoms with Crippen LogP contribution < -0.4 is 10.9 Å². The molecular weight excluding hydrogens is 226 g/mol. The zero-order valence-corrected chi connectivity index (χ0v) is 11.4. The average Bonchev–Trinajstić information content (AvgIpc) is 2.41. The van der Waals surface area contributed by atoms with Gasteiger partial charge in [0, 0.05) is 12.1 Å². The van der Waals surface area contributed by atoms with Gasteiger partial charge in [0.05, 0.1) is 12.2 Å². The lowest BCUT2D eigenvalue weighted by molar-refractivity contribution is 0.249. The molecule has 1 fully saturated rings. The van der Waals surface area contributed by atoms with Crippen LogP contribution in [0.5, 0.6) is 0 Å². The minimum absolute atomic E-state index is 0.00309. The summed E-state index contributed by atoms with van der Waals surface area (Å²) < 4.78 is 1.60. The van der Waals surface area contributed by atoms with Gasteiger partial charge in [-0.1, -0.05) is 19.3 Å². The molecule has 18 heavy (non-hydrogen) atoms. The summed E-state index contributed by atoms with van der Waals surface area (Å²) in [7, 11) is 1.99. The number of rotatable bonds is 4. The Morgan fingerprint density at radius 2 is 2.11 bits per heavy atom. The molecule has 0 bridgehead atoms. The number of hydrogen-bond acceptors (Lipinski definition) is 3. The second-order valence-corrected chi connectivity index (χ2v) is 5.29. The number of aryl methyl sites for hydroxylation is 1. The van der Waals surface area contributed by atoms with Crippen molar-refractivity contribution in [2.75, 3.05) is 7.05 Å². The summed E-state index contributed by atoms with van der Waals surface area (Å²) in [6.07, 6.45) is 6.53. The van der Waals surface area contributed by atoms with Crippen LogP contribution in [0.3, 0.4) is 0 Å². The lowest BCUT2D eigenvalue weighted by Gasteiger charge is -2.30. The number of likely N-dealkylation sites (N-methyl/N-ethyl adjacent to an activating group) is 1. The highest BCUT2D eigenvalue weighted by Crippen LogP contribution is 2.26. The molecule has 1 atom stereocenters. The van der Waals surface area contributed by atoms with E-state index in [0.717, 1.165) is 5.69 Å². The molecule has 4 heteroatoms. The Hall–Kier alpha value is -1.16. The largest absolute Gasteiger partial charge is 0.315 e. The van der Waals surface area contributed by atoms with Crippen LogP contribution in [-0.4, -0.2) is 22.9 Å². The monoisotopic (exact) mass is 249 g/mol. The van der Waals surface area contributed by atoms with Crippen LogP contribution in [0.15, 0.2) is 16.9 Å². The Morgan fingerprint density at radius 1 is 1.39 bits per heavy atom. The van der Waals surface area contributed by atoms with Gasteiger partial charge in [-0.25, -0.2) is 4.68 Å². The fourth-order valence-corrected chi connectivity index (χ4v) is 2.88. The Balaban J connectivity index is 2.09. The van der Waals surface area contributed by atoms with Crippen LogP contribution in [0.4, 0.5) is 0 Å². The minimum atomic E-state index is -0.00309. The highest BCUT2D eigenvalue weighted by atomic mass is 16.1. The summed E-state index contributed by atoms with van der Waals surface area (Å²) in [5.41, 5.74) is 0.893. The topological polar surface area (TPSA) is 46.9 Å². The van der Waals surface area contributed by atoms with Gasteiger partial charge in [0.1, 0.15) is 0 Å². The molecule has 0 aliphatic heterocycles. The first-order valence-corrected chi connectivity index (χ1v) is 6.93. The maximum absolute atomic E-state index is 11.8. The van der Waals surface area contributed by atoms with Crippen molar-refractivity contribution in [2.45, 2.75) is 51.6 Å². The molecule has 0 amide bonds. The maximum Gasteiger partial charge on any atom is 0.266 e. The van der Waals surface area contributed by atoms with E-state index in [4.69, 9.17) is 0 Å². The fourth-order valence-electron chi connectivity index (χ4n) is 2.88. The zero-order valence-electron chi connectivity index (χ0n) is 11.4. The van der Waals surface area contributed by atoms with E-state index in [-0.39, 0.29) is 5.56 Å². The van der Waals surface area contributed by atoms with Gasteiger partial charge in [-0.15, -0.1) is 0 Å². The molecule has 1 aliphatic carbocycles. The molecule has 0 saturated heterocycles. The predicted molar refractivity (Wildman–Crippen MR) is 72.7 cm³/mol. The van der Waals surface area contributed by atoms with Crippen molar-refractivity contribution in [3.63, 3.8) is 0 Å². The first-order chi connectivity index (χ1) is 8.70. The maximum atomic E-state index is 11.8. The Bertz CT molecular complexity index is 435. The average molecular weight is 249 g/mol. The molecule has 1 aromatic rings. The number of aromatic nitrogens is 2. The van der Waals surface area contributed by atoms with Crippen molar-refractivity contribution in [1.29, 1.82) is 0 Å². The van der Waals surface area contributed by atoms with Crippen LogP contribution in [0.25, 0.3) is 0 Å². The van der Waals surface area contributed by atoms with Crippen LogP contribution in [0.1, 0.15) is 37.8 Å². The van der Waals surface area contributed by atoms with E-state index < -0.39 is 0 Å². The third kappa shape index (κ3) is 3.19. The van der Waals surface area contributed by atoms with Gasteiger partial charge in [-0.05, 0) is 38.8 Å². The third-order valence-corrected chi connectivity index (χ3v) is 3.96. The van der Waals surface area contributed by atoms with Gasteiger partial charge in [0.2, 0.25) is 0 Å². The van der Waals surface area contributed by atoms with E-state index in [1.807, 2.05) is 14.0 Å². The van der Waals surface area contributed by atoms with Gasteiger partial charge in [0.15, 0.2) is 0 Å². The van der Waals surface area contributed by atoms with Crippen LogP contribution in [-0.2, 0) is 6.54 Å². The van der Waals surface area contributed by atoms with Crippen LogP contribution >= 0.6 is 0 Å². The molecule has 1 unspecified atom stereocenters. The molecule has 0 aromatic carbocycles. The molecule has 4 nitrogen and oxygen atoms in total. The number of nitrogens with zero attached hydrogens (tertiary/aromatic N) is 2. The lowest BCUT2D eigenvalue weighted by Crippen LogP contribution is -2.41. The minimum Gasteiger partial charge on any atom is -0.315 e. The summed E-state index contributed by atoms with van der Waals surface area (Å²) in [5, 5.41) is 7.69. The Kier molecular flexibility index (Phi) is 4.53. The summed E-state index contributed by atoms with van der Waals surface area (Å²) >= 11 is 0. The quantitative estimate of drug-likeness (QED) is 0.884. The Labute approximate surface area is 108 Å². The van der Waals surface area contributed by atoms with Crippen molar-refractivity contribution in [3.8, 4) is 0 Å². The molecule has 1 N–H and O–H groups in total. The third-order valence-electron chi connectivity index (χ3n) is 3.96. The first-order valence-electron chi connectivity index (χ1n) is 6.93. The second kappa shape index (κ2) is 6.14. The summed E-state index contributed by atoms with van der Waals surface area (Å²) in [6, 6.07) is 3.74.